The Kier molecular flexibility index (Phi) is 11.4. The molecule has 0 aromatic carbocycles. The van der Waals surface area contributed by atoms with Gasteiger partial charge in [0.2, 0.25) is 0 Å². The molecular formula is C13H22N2. The second-order valence-electron chi connectivity index (χ2n) is 2.33. The Morgan fingerprint density at radius 2 is 1.73 bits per heavy atom. The number of hydrogen-bond acceptors (Lipinski definition) is 2. The minimum Gasteiger partial charge on any atom is -0.299 e. The lowest BCUT2D eigenvalue weighted by molar-refractivity contribution is 1.47. The van der Waals surface area contributed by atoms with Crippen molar-refractivity contribution in [2.45, 2.75) is 34.6 Å². The predicted octanol–water partition coefficient (Wildman–Crippen LogP) is 4.16. The van der Waals surface area contributed by atoms with Gasteiger partial charge in [-0.2, -0.15) is 0 Å². The lowest BCUT2D eigenvalue weighted by atomic mass is 10.1. The summed E-state index contributed by atoms with van der Waals surface area (Å²) in [6, 6.07) is 0. The van der Waals surface area contributed by atoms with Crippen LogP contribution in [0.1, 0.15) is 34.6 Å². The molecule has 0 saturated heterocycles. The molecule has 0 saturated carbocycles. The third kappa shape index (κ3) is 6.61. The number of nitrogens with zero attached hydrogens (tertiary/aromatic N) is 1. The Labute approximate surface area is 93.6 Å². The monoisotopic (exact) mass is 206 g/mol. The minimum atomic E-state index is 0.440. The molecule has 0 atom stereocenters. The largest absolute Gasteiger partial charge is 0.299 e. The Bertz CT molecular complexity index is 281. The SMILES string of the molecule is C=CN=C1C=C(C)C=CC1=N.CC.CC. The van der Waals surface area contributed by atoms with Crippen LogP contribution in [0.2, 0.25) is 0 Å². The molecule has 0 aromatic heterocycles. The Morgan fingerprint density at radius 1 is 1.20 bits per heavy atom. The molecule has 2 nitrogen and oxygen atoms in total. The summed E-state index contributed by atoms with van der Waals surface area (Å²) in [7, 11) is 0. The minimum absolute atomic E-state index is 0.440. The average molecular weight is 206 g/mol. The maximum Gasteiger partial charge on any atom is 0.0881 e. The molecule has 84 valence electrons. The normalized spacial score (nSPS) is 15.7. The maximum absolute atomic E-state index is 7.43. The van der Waals surface area contributed by atoms with Gasteiger partial charge in [0, 0.05) is 6.20 Å². The molecule has 0 heterocycles. The van der Waals surface area contributed by atoms with E-state index in [0.717, 1.165) is 5.57 Å². The summed E-state index contributed by atoms with van der Waals surface area (Å²) in [6.45, 7) is 13.5. The third-order valence-corrected chi connectivity index (χ3v) is 1.38. The summed E-state index contributed by atoms with van der Waals surface area (Å²) in [5.41, 5.74) is 2.23. The molecular weight excluding hydrogens is 184 g/mol. The highest BCUT2D eigenvalue weighted by atomic mass is 14.7. The van der Waals surface area contributed by atoms with Gasteiger partial charge in [0.05, 0.1) is 11.4 Å². The van der Waals surface area contributed by atoms with Crippen molar-refractivity contribution in [3.63, 3.8) is 0 Å². The molecule has 0 fully saturated rings. The lowest BCUT2D eigenvalue weighted by Crippen LogP contribution is -2.10. The average Bonchev–Trinajstić information content (AvgIpc) is 2.29. The molecule has 1 rings (SSSR count). The van der Waals surface area contributed by atoms with Crippen LogP contribution >= 0.6 is 0 Å². The number of nitrogens with one attached hydrogen (secondary N) is 1. The first-order valence-corrected chi connectivity index (χ1v) is 5.38. The van der Waals surface area contributed by atoms with Gasteiger partial charge in [-0.25, -0.2) is 0 Å². The van der Waals surface area contributed by atoms with Gasteiger partial charge in [-0.1, -0.05) is 40.3 Å². The van der Waals surface area contributed by atoms with Crippen LogP contribution in [-0.4, -0.2) is 11.4 Å². The van der Waals surface area contributed by atoms with Crippen molar-refractivity contribution >= 4 is 11.4 Å². The van der Waals surface area contributed by atoms with E-state index in [1.54, 1.807) is 6.08 Å². The fraction of sp³-hybridized carbons (Fsp3) is 0.385. The molecule has 0 bridgehead atoms. The summed E-state index contributed by atoms with van der Waals surface area (Å²) in [5.74, 6) is 0. The highest BCUT2D eigenvalue weighted by Crippen LogP contribution is 2.04. The van der Waals surface area contributed by atoms with Gasteiger partial charge in [0.1, 0.15) is 0 Å². The Balaban J connectivity index is 0. The molecule has 15 heavy (non-hydrogen) atoms. The van der Waals surface area contributed by atoms with E-state index in [4.69, 9.17) is 5.41 Å². The zero-order chi connectivity index (χ0) is 12.3. The molecule has 0 spiro atoms. The molecule has 0 aromatic rings. The summed E-state index contributed by atoms with van der Waals surface area (Å²) in [6.07, 6.45) is 6.94. The van der Waals surface area contributed by atoms with E-state index < -0.39 is 0 Å². The Hall–Kier alpha value is -1.44. The van der Waals surface area contributed by atoms with E-state index in [1.165, 1.54) is 6.20 Å². The molecule has 1 N–H and O–H groups in total. The summed E-state index contributed by atoms with van der Waals surface area (Å²) in [4.78, 5) is 3.94. The van der Waals surface area contributed by atoms with Crippen molar-refractivity contribution in [1.82, 2.24) is 0 Å². The van der Waals surface area contributed by atoms with Gasteiger partial charge in [0.25, 0.3) is 0 Å². The van der Waals surface area contributed by atoms with Crippen molar-refractivity contribution in [2.75, 3.05) is 0 Å². The van der Waals surface area contributed by atoms with Crippen molar-refractivity contribution in [3.8, 4) is 0 Å². The highest BCUT2D eigenvalue weighted by molar-refractivity contribution is 6.50. The van der Waals surface area contributed by atoms with E-state index in [2.05, 4.69) is 11.6 Å². The molecule has 1 aliphatic rings. The number of allylic oxidation sites excluding steroid dienone is 4. The quantitative estimate of drug-likeness (QED) is 0.625. The first-order chi connectivity index (χ1) is 7.24. The number of hydrogen-bond donors (Lipinski definition) is 1. The zero-order valence-corrected chi connectivity index (χ0v) is 10.5. The number of aliphatic imine (C=N–C) groups is 1. The summed E-state index contributed by atoms with van der Waals surface area (Å²) < 4.78 is 0. The third-order valence-electron chi connectivity index (χ3n) is 1.38. The van der Waals surface area contributed by atoms with Gasteiger partial charge in [-0.3, -0.25) is 10.4 Å². The highest BCUT2D eigenvalue weighted by Gasteiger charge is 2.03. The van der Waals surface area contributed by atoms with Gasteiger partial charge >= 0.3 is 0 Å². The van der Waals surface area contributed by atoms with Crippen molar-refractivity contribution in [2.24, 2.45) is 4.99 Å². The molecule has 0 unspecified atom stereocenters. The fourth-order valence-electron chi connectivity index (χ4n) is 0.847. The number of rotatable bonds is 1. The van der Waals surface area contributed by atoms with Crippen LogP contribution in [-0.2, 0) is 0 Å². The van der Waals surface area contributed by atoms with Crippen LogP contribution in [0.25, 0.3) is 0 Å². The van der Waals surface area contributed by atoms with E-state index in [-0.39, 0.29) is 0 Å². The summed E-state index contributed by atoms with van der Waals surface area (Å²) >= 11 is 0. The Morgan fingerprint density at radius 3 is 2.20 bits per heavy atom. The predicted molar refractivity (Wildman–Crippen MR) is 71.0 cm³/mol. The van der Waals surface area contributed by atoms with Gasteiger partial charge in [-0.05, 0) is 24.6 Å². The zero-order valence-electron chi connectivity index (χ0n) is 10.5. The van der Waals surface area contributed by atoms with Crippen molar-refractivity contribution in [1.29, 1.82) is 5.41 Å². The standard InChI is InChI=1S/C9H10N2.2C2H6/c1-3-11-9-6-7(2)4-5-8(9)10;2*1-2/h3-6,10H,1H2,2H3;2*1-2H3. The van der Waals surface area contributed by atoms with E-state index >= 15 is 0 Å². The van der Waals surface area contributed by atoms with Crippen LogP contribution in [0.5, 0.6) is 0 Å². The van der Waals surface area contributed by atoms with E-state index in [0.29, 0.717) is 11.4 Å². The second-order valence-corrected chi connectivity index (χ2v) is 2.33. The summed E-state index contributed by atoms with van der Waals surface area (Å²) in [5, 5.41) is 7.43. The van der Waals surface area contributed by atoms with E-state index in [9.17, 15) is 0 Å². The van der Waals surface area contributed by atoms with Gasteiger partial charge in [0.15, 0.2) is 0 Å². The fourth-order valence-corrected chi connectivity index (χ4v) is 0.847. The molecule has 0 amide bonds. The smallest absolute Gasteiger partial charge is 0.0881 e. The lowest BCUT2D eigenvalue weighted by Gasteiger charge is -2.04. The van der Waals surface area contributed by atoms with Crippen LogP contribution < -0.4 is 0 Å². The molecule has 0 radical (unpaired) electrons. The van der Waals surface area contributed by atoms with Gasteiger partial charge in [-0.15, -0.1) is 0 Å². The topological polar surface area (TPSA) is 36.2 Å². The molecule has 1 aliphatic carbocycles. The maximum atomic E-state index is 7.43. The van der Waals surface area contributed by atoms with Crippen LogP contribution in [0.15, 0.2) is 41.6 Å². The van der Waals surface area contributed by atoms with Crippen LogP contribution in [0, 0.1) is 5.41 Å². The van der Waals surface area contributed by atoms with Crippen molar-refractivity contribution < 1.29 is 0 Å². The van der Waals surface area contributed by atoms with E-state index in [1.807, 2.05) is 46.8 Å². The molecule has 0 aliphatic heterocycles. The first kappa shape index (κ1) is 16.0. The first-order valence-electron chi connectivity index (χ1n) is 5.38. The van der Waals surface area contributed by atoms with Crippen LogP contribution in [0.3, 0.4) is 0 Å². The van der Waals surface area contributed by atoms with Crippen LogP contribution in [0.4, 0.5) is 0 Å². The second kappa shape index (κ2) is 10.6. The van der Waals surface area contributed by atoms with Crippen molar-refractivity contribution in [3.05, 3.63) is 36.6 Å². The molecule has 2 heteroatoms. The van der Waals surface area contributed by atoms with Gasteiger partial charge < -0.3 is 0 Å².